The van der Waals surface area contributed by atoms with Crippen LogP contribution in [0, 0.1) is 0 Å². The number of alkyl halides is 6. The smallest absolute Gasteiger partial charge is 0.325 e. The van der Waals surface area contributed by atoms with Crippen LogP contribution in [0.1, 0.15) is 18.1 Å². The number of anilines is 1. The van der Waals surface area contributed by atoms with E-state index in [2.05, 4.69) is 15.9 Å². The standard InChI is InChI=1S/C10H6BrF6NO/c1-4(19)18-7-3-5(9(12,13)14)2-6(8(7)11)10(15,16)17/h2-3H,1H3,(H,18,19). The summed E-state index contributed by atoms with van der Waals surface area (Å²) in [4.78, 5) is 10.8. The number of amides is 1. The van der Waals surface area contributed by atoms with E-state index in [4.69, 9.17) is 0 Å². The highest BCUT2D eigenvalue weighted by molar-refractivity contribution is 9.10. The zero-order chi connectivity index (χ0) is 15.0. The predicted octanol–water partition coefficient (Wildman–Crippen LogP) is 4.45. The van der Waals surface area contributed by atoms with Crippen LogP contribution in [0.2, 0.25) is 0 Å². The number of nitrogens with one attached hydrogen (secondary N) is 1. The minimum atomic E-state index is -4.98. The van der Waals surface area contributed by atoms with E-state index in [9.17, 15) is 31.1 Å². The first kappa shape index (κ1) is 15.8. The highest BCUT2D eigenvalue weighted by Gasteiger charge is 2.39. The van der Waals surface area contributed by atoms with Crippen LogP contribution in [0.3, 0.4) is 0 Å². The van der Waals surface area contributed by atoms with Gasteiger partial charge >= 0.3 is 12.4 Å². The van der Waals surface area contributed by atoms with Crippen LogP contribution in [-0.2, 0) is 17.1 Å². The molecular formula is C10H6BrF6NO. The van der Waals surface area contributed by atoms with Gasteiger partial charge in [0, 0.05) is 6.92 Å². The van der Waals surface area contributed by atoms with Crippen molar-refractivity contribution in [1.29, 1.82) is 0 Å². The van der Waals surface area contributed by atoms with E-state index in [1.807, 2.05) is 5.32 Å². The Morgan fingerprint density at radius 2 is 1.63 bits per heavy atom. The highest BCUT2D eigenvalue weighted by Crippen LogP contribution is 2.42. The maximum atomic E-state index is 12.6. The first-order chi connectivity index (χ1) is 8.43. The van der Waals surface area contributed by atoms with Crippen LogP contribution >= 0.6 is 15.9 Å². The number of carbonyl (C=O) groups is 1. The summed E-state index contributed by atoms with van der Waals surface area (Å²) >= 11 is 2.54. The fourth-order valence-electron chi connectivity index (χ4n) is 1.28. The van der Waals surface area contributed by atoms with Crippen molar-refractivity contribution in [2.45, 2.75) is 19.3 Å². The Balaban J connectivity index is 3.52. The second kappa shape index (κ2) is 5.03. The Morgan fingerprint density at radius 3 is 2.00 bits per heavy atom. The lowest BCUT2D eigenvalue weighted by Crippen LogP contribution is -2.15. The van der Waals surface area contributed by atoms with Gasteiger partial charge in [-0.25, -0.2) is 0 Å². The van der Waals surface area contributed by atoms with E-state index in [1.165, 1.54) is 0 Å². The van der Waals surface area contributed by atoms with Crippen LogP contribution in [-0.4, -0.2) is 5.91 Å². The van der Waals surface area contributed by atoms with E-state index < -0.39 is 39.5 Å². The molecule has 106 valence electrons. The first-order valence-corrected chi connectivity index (χ1v) is 5.47. The van der Waals surface area contributed by atoms with Gasteiger partial charge in [-0.1, -0.05) is 0 Å². The Hall–Kier alpha value is -1.25. The van der Waals surface area contributed by atoms with Crippen LogP contribution in [0.4, 0.5) is 32.0 Å². The summed E-state index contributed by atoms with van der Waals surface area (Å²) in [5.74, 6) is -0.784. The van der Waals surface area contributed by atoms with Gasteiger partial charge in [-0.3, -0.25) is 4.79 Å². The molecule has 1 rings (SSSR count). The molecule has 0 aromatic heterocycles. The highest BCUT2D eigenvalue weighted by atomic mass is 79.9. The molecule has 9 heteroatoms. The van der Waals surface area contributed by atoms with Gasteiger partial charge in [0.2, 0.25) is 5.91 Å². The number of rotatable bonds is 1. The van der Waals surface area contributed by atoms with Gasteiger partial charge in [-0.15, -0.1) is 0 Å². The van der Waals surface area contributed by atoms with Crippen molar-refractivity contribution >= 4 is 27.5 Å². The third kappa shape index (κ3) is 3.85. The van der Waals surface area contributed by atoms with Gasteiger partial charge < -0.3 is 5.32 Å². The van der Waals surface area contributed by atoms with Gasteiger partial charge in [0.25, 0.3) is 0 Å². The second-order valence-corrected chi connectivity index (χ2v) is 4.36. The number of benzene rings is 1. The van der Waals surface area contributed by atoms with Gasteiger partial charge in [-0.2, -0.15) is 26.3 Å². The predicted molar refractivity (Wildman–Crippen MR) is 58.4 cm³/mol. The number of hydrogen-bond donors (Lipinski definition) is 1. The molecule has 2 nitrogen and oxygen atoms in total. The lowest BCUT2D eigenvalue weighted by molar-refractivity contribution is -0.143. The average Bonchev–Trinajstić information content (AvgIpc) is 2.16. The summed E-state index contributed by atoms with van der Waals surface area (Å²) in [6.45, 7) is 0.972. The zero-order valence-corrected chi connectivity index (χ0v) is 10.8. The lowest BCUT2D eigenvalue weighted by atomic mass is 10.1. The monoisotopic (exact) mass is 349 g/mol. The van der Waals surface area contributed by atoms with E-state index >= 15 is 0 Å². The summed E-state index contributed by atoms with van der Waals surface area (Å²) in [7, 11) is 0. The molecule has 1 amide bonds. The summed E-state index contributed by atoms with van der Waals surface area (Å²) < 4.78 is 74.8. The average molecular weight is 350 g/mol. The van der Waals surface area contributed by atoms with Crippen LogP contribution < -0.4 is 5.32 Å². The van der Waals surface area contributed by atoms with E-state index in [0.717, 1.165) is 6.92 Å². The van der Waals surface area contributed by atoms with Crippen molar-refractivity contribution in [2.24, 2.45) is 0 Å². The quantitative estimate of drug-likeness (QED) is 0.746. The fraction of sp³-hybridized carbons (Fsp3) is 0.300. The molecule has 0 atom stereocenters. The maximum Gasteiger partial charge on any atom is 0.417 e. The zero-order valence-electron chi connectivity index (χ0n) is 9.21. The first-order valence-electron chi connectivity index (χ1n) is 4.68. The maximum absolute atomic E-state index is 12.6. The van der Waals surface area contributed by atoms with E-state index in [0.29, 0.717) is 6.07 Å². The van der Waals surface area contributed by atoms with Gasteiger partial charge in [0.05, 0.1) is 21.3 Å². The largest absolute Gasteiger partial charge is 0.417 e. The lowest BCUT2D eigenvalue weighted by Gasteiger charge is -2.16. The molecule has 0 aliphatic heterocycles. The molecule has 0 heterocycles. The minimum absolute atomic E-state index is 0.0185. The Morgan fingerprint density at radius 1 is 1.11 bits per heavy atom. The topological polar surface area (TPSA) is 29.1 Å². The van der Waals surface area contributed by atoms with Crippen LogP contribution in [0.15, 0.2) is 16.6 Å². The van der Waals surface area contributed by atoms with E-state index in [1.54, 1.807) is 0 Å². The van der Waals surface area contributed by atoms with Crippen LogP contribution in [0.25, 0.3) is 0 Å². The summed E-state index contributed by atoms with van der Waals surface area (Å²) in [5, 5.41) is 1.91. The van der Waals surface area contributed by atoms with Crippen molar-refractivity contribution in [3.05, 3.63) is 27.7 Å². The third-order valence-electron chi connectivity index (χ3n) is 2.02. The molecule has 1 N–H and O–H groups in total. The number of carbonyl (C=O) groups excluding carboxylic acids is 1. The molecule has 0 spiro atoms. The Bertz CT molecular complexity index is 508. The summed E-state index contributed by atoms with van der Waals surface area (Å²) in [6, 6.07) is 0.413. The molecule has 0 radical (unpaired) electrons. The van der Waals surface area contributed by atoms with Gasteiger partial charge in [-0.05, 0) is 28.1 Å². The molecule has 19 heavy (non-hydrogen) atoms. The molecule has 0 bridgehead atoms. The molecule has 0 fully saturated rings. The summed E-state index contributed by atoms with van der Waals surface area (Å²) in [5.41, 5.74) is -3.59. The van der Waals surface area contributed by atoms with Gasteiger partial charge in [0.1, 0.15) is 0 Å². The molecular weight excluding hydrogens is 344 g/mol. The van der Waals surface area contributed by atoms with Crippen molar-refractivity contribution in [2.75, 3.05) is 5.32 Å². The Labute approximate surface area is 111 Å². The molecule has 0 unspecified atom stereocenters. The summed E-state index contributed by atoms with van der Waals surface area (Å²) in [6.07, 6.45) is -9.93. The van der Waals surface area contributed by atoms with Gasteiger partial charge in [0.15, 0.2) is 0 Å². The molecule has 1 aromatic carbocycles. The Kier molecular flexibility index (Phi) is 4.18. The van der Waals surface area contributed by atoms with Crippen molar-refractivity contribution in [3.8, 4) is 0 Å². The third-order valence-corrected chi connectivity index (χ3v) is 2.87. The van der Waals surface area contributed by atoms with Crippen molar-refractivity contribution in [3.63, 3.8) is 0 Å². The van der Waals surface area contributed by atoms with Crippen molar-refractivity contribution in [1.82, 2.24) is 0 Å². The molecule has 0 saturated heterocycles. The minimum Gasteiger partial charge on any atom is -0.325 e. The molecule has 0 saturated carbocycles. The van der Waals surface area contributed by atoms with Crippen molar-refractivity contribution < 1.29 is 31.1 Å². The van der Waals surface area contributed by atoms with E-state index in [-0.39, 0.29) is 6.07 Å². The number of halogens is 7. The number of hydrogen-bond acceptors (Lipinski definition) is 1. The normalized spacial score (nSPS) is 12.4. The SMILES string of the molecule is CC(=O)Nc1cc(C(F)(F)F)cc(C(F)(F)F)c1Br. The fourth-order valence-corrected chi connectivity index (χ4v) is 1.83. The molecule has 0 aliphatic rings. The molecule has 1 aromatic rings. The molecule has 0 aliphatic carbocycles. The van der Waals surface area contributed by atoms with Crippen LogP contribution in [0.5, 0.6) is 0 Å². The second-order valence-electron chi connectivity index (χ2n) is 3.56.